The van der Waals surface area contributed by atoms with Crippen molar-refractivity contribution in [1.82, 2.24) is 5.32 Å². The van der Waals surface area contributed by atoms with Gasteiger partial charge in [-0.05, 0) is 24.1 Å². The van der Waals surface area contributed by atoms with Crippen LogP contribution in [-0.2, 0) is 4.79 Å². The zero-order chi connectivity index (χ0) is 15.3. The fourth-order valence-corrected chi connectivity index (χ4v) is 1.74. The standard InChI is InChI=1S/C14H19NO5/c1-4-8(2)12(14(18)19)15-13(17)9-5-6-11(20-3)10(16)7-9/h5-8,12,16H,4H2,1-3H3,(H,15,17)(H,18,19)/t8?,12-/m0/s1. The van der Waals surface area contributed by atoms with Crippen molar-refractivity contribution in [3.63, 3.8) is 0 Å². The lowest BCUT2D eigenvalue weighted by atomic mass is 9.99. The Balaban J connectivity index is 2.89. The van der Waals surface area contributed by atoms with Crippen LogP contribution >= 0.6 is 0 Å². The number of methoxy groups -OCH3 is 1. The van der Waals surface area contributed by atoms with Crippen LogP contribution in [0.5, 0.6) is 11.5 Å². The van der Waals surface area contributed by atoms with E-state index in [9.17, 15) is 14.7 Å². The molecular weight excluding hydrogens is 262 g/mol. The van der Waals surface area contributed by atoms with E-state index in [4.69, 9.17) is 9.84 Å². The first kappa shape index (κ1) is 15.8. The Morgan fingerprint density at radius 1 is 1.40 bits per heavy atom. The summed E-state index contributed by atoms with van der Waals surface area (Å²) in [4.78, 5) is 23.2. The molecule has 0 saturated heterocycles. The van der Waals surface area contributed by atoms with Gasteiger partial charge in [0.15, 0.2) is 11.5 Å². The van der Waals surface area contributed by atoms with Crippen molar-refractivity contribution in [3.8, 4) is 11.5 Å². The van der Waals surface area contributed by atoms with Crippen molar-refractivity contribution in [3.05, 3.63) is 23.8 Å². The molecule has 0 saturated carbocycles. The Morgan fingerprint density at radius 3 is 2.50 bits per heavy atom. The second-order valence-electron chi connectivity index (χ2n) is 4.56. The SMILES string of the molecule is CCC(C)[C@H](NC(=O)c1ccc(OC)c(O)c1)C(=O)O. The summed E-state index contributed by atoms with van der Waals surface area (Å²) in [6.45, 7) is 3.61. The number of rotatable bonds is 6. The van der Waals surface area contributed by atoms with E-state index in [-0.39, 0.29) is 23.0 Å². The lowest BCUT2D eigenvalue weighted by Crippen LogP contribution is -2.45. The fourth-order valence-electron chi connectivity index (χ4n) is 1.74. The number of benzene rings is 1. The highest BCUT2D eigenvalue weighted by molar-refractivity contribution is 5.97. The Morgan fingerprint density at radius 2 is 2.05 bits per heavy atom. The second-order valence-corrected chi connectivity index (χ2v) is 4.56. The van der Waals surface area contributed by atoms with Gasteiger partial charge in [-0.2, -0.15) is 0 Å². The first-order valence-corrected chi connectivity index (χ1v) is 6.31. The van der Waals surface area contributed by atoms with Gasteiger partial charge in [0.2, 0.25) is 0 Å². The van der Waals surface area contributed by atoms with Gasteiger partial charge in [0, 0.05) is 5.56 Å². The van der Waals surface area contributed by atoms with Gasteiger partial charge < -0.3 is 20.3 Å². The molecule has 1 aromatic rings. The van der Waals surface area contributed by atoms with Crippen LogP contribution in [0.2, 0.25) is 0 Å². The summed E-state index contributed by atoms with van der Waals surface area (Å²) in [5.41, 5.74) is 0.179. The number of phenolic OH excluding ortho intramolecular Hbond substituents is 1. The molecule has 0 aliphatic heterocycles. The van der Waals surface area contributed by atoms with E-state index >= 15 is 0 Å². The molecule has 0 aliphatic carbocycles. The normalized spacial score (nSPS) is 13.3. The average Bonchev–Trinajstić information content (AvgIpc) is 2.43. The number of hydrogen-bond donors (Lipinski definition) is 3. The Kier molecular flexibility index (Phi) is 5.37. The molecule has 0 aromatic heterocycles. The van der Waals surface area contributed by atoms with Crippen molar-refractivity contribution in [2.75, 3.05) is 7.11 Å². The number of carboxylic acid groups (broad SMARTS) is 1. The van der Waals surface area contributed by atoms with Gasteiger partial charge in [-0.3, -0.25) is 4.79 Å². The van der Waals surface area contributed by atoms with Gasteiger partial charge >= 0.3 is 5.97 Å². The van der Waals surface area contributed by atoms with Crippen LogP contribution in [0, 0.1) is 5.92 Å². The minimum atomic E-state index is -1.08. The van der Waals surface area contributed by atoms with E-state index < -0.39 is 17.9 Å². The first-order valence-electron chi connectivity index (χ1n) is 6.31. The summed E-state index contributed by atoms with van der Waals surface area (Å²) < 4.78 is 4.88. The highest BCUT2D eigenvalue weighted by Crippen LogP contribution is 2.26. The van der Waals surface area contributed by atoms with Crippen molar-refractivity contribution < 1.29 is 24.5 Å². The van der Waals surface area contributed by atoms with Gasteiger partial charge in [-0.1, -0.05) is 20.3 Å². The smallest absolute Gasteiger partial charge is 0.326 e. The minimum Gasteiger partial charge on any atom is -0.504 e. The van der Waals surface area contributed by atoms with Crippen LogP contribution in [0.4, 0.5) is 0 Å². The van der Waals surface area contributed by atoms with Crippen LogP contribution in [0.1, 0.15) is 30.6 Å². The summed E-state index contributed by atoms with van der Waals surface area (Å²) in [5, 5.41) is 21.2. The second kappa shape index (κ2) is 6.79. The molecule has 0 aliphatic rings. The molecular formula is C14H19NO5. The van der Waals surface area contributed by atoms with E-state index in [0.717, 1.165) is 0 Å². The molecule has 3 N–H and O–H groups in total. The van der Waals surface area contributed by atoms with Gasteiger partial charge in [0.1, 0.15) is 6.04 Å². The number of nitrogens with one attached hydrogen (secondary N) is 1. The van der Waals surface area contributed by atoms with Crippen LogP contribution in [0.3, 0.4) is 0 Å². The van der Waals surface area contributed by atoms with Gasteiger partial charge in [-0.25, -0.2) is 4.79 Å². The summed E-state index contributed by atoms with van der Waals surface area (Å²) >= 11 is 0. The van der Waals surface area contributed by atoms with Crippen molar-refractivity contribution in [2.24, 2.45) is 5.92 Å². The number of amides is 1. The lowest BCUT2D eigenvalue weighted by Gasteiger charge is -2.20. The third kappa shape index (κ3) is 3.63. The molecule has 1 aromatic carbocycles. The number of ether oxygens (including phenoxy) is 1. The largest absolute Gasteiger partial charge is 0.504 e. The van der Waals surface area contributed by atoms with E-state index in [1.807, 2.05) is 6.92 Å². The Hall–Kier alpha value is -2.24. The molecule has 6 nitrogen and oxygen atoms in total. The molecule has 0 radical (unpaired) electrons. The Labute approximate surface area is 117 Å². The zero-order valence-electron chi connectivity index (χ0n) is 11.7. The highest BCUT2D eigenvalue weighted by Gasteiger charge is 2.25. The fraction of sp³-hybridized carbons (Fsp3) is 0.429. The molecule has 1 rings (SSSR count). The quantitative estimate of drug-likeness (QED) is 0.736. The van der Waals surface area contributed by atoms with Crippen LogP contribution in [0.15, 0.2) is 18.2 Å². The number of aliphatic carboxylic acids is 1. The monoisotopic (exact) mass is 281 g/mol. The number of carboxylic acids is 1. The molecule has 0 heterocycles. The molecule has 0 bridgehead atoms. The van der Waals surface area contributed by atoms with Crippen LogP contribution in [-0.4, -0.2) is 35.2 Å². The highest BCUT2D eigenvalue weighted by atomic mass is 16.5. The van der Waals surface area contributed by atoms with Crippen LogP contribution < -0.4 is 10.1 Å². The third-order valence-corrected chi connectivity index (χ3v) is 3.21. The van der Waals surface area contributed by atoms with Crippen LogP contribution in [0.25, 0.3) is 0 Å². The summed E-state index contributed by atoms with van der Waals surface area (Å²) in [6, 6.07) is 3.19. The summed E-state index contributed by atoms with van der Waals surface area (Å²) in [6.07, 6.45) is 0.630. The molecule has 110 valence electrons. The lowest BCUT2D eigenvalue weighted by molar-refractivity contribution is -0.140. The Bertz CT molecular complexity index is 500. The van der Waals surface area contributed by atoms with E-state index in [1.165, 1.54) is 25.3 Å². The molecule has 20 heavy (non-hydrogen) atoms. The topological polar surface area (TPSA) is 95.9 Å². The number of aromatic hydroxyl groups is 1. The molecule has 0 fully saturated rings. The van der Waals surface area contributed by atoms with E-state index in [2.05, 4.69) is 5.32 Å². The number of carbonyl (C=O) groups is 2. The number of hydrogen-bond acceptors (Lipinski definition) is 4. The number of carbonyl (C=O) groups excluding carboxylic acids is 1. The third-order valence-electron chi connectivity index (χ3n) is 3.21. The van der Waals surface area contributed by atoms with E-state index in [1.54, 1.807) is 6.92 Å². The molecule has 6 heteroatoms. The predicted molar refractivity (Wildman–Crippen MR) is 73.0 cm³/mol. The molecule has 1 amide bonds. The summed E-state index contributed by atoms with van der Waals surface area (Å²) in [5.74, 6) is -1.74. The molecule has 2 atom stereocenters. The minimum absolute atomic E-state index is 0.171. The predicted octanol–water partition coefficient (Wildman–Crippen LogP) is 1.63. The molecule has 0 spiro atoms. The number of phenols is 1. The van der Waals surface area contributed by atoms with E-state index in [0.29, 0.717) is 6.42 Å². The zero-order valence-corrected chi connectivity index (χ0v) is 11.7. The van der Waals surface area contributed by atoms with Crippen molar-refractivity contribution in [1.29, 1.82) is 0 Å². The van der Waals surface area contributed by atoms with Crippen molar-refractivity contribution in [2.45, 2.75) is 26.3 Å². The van der Waals surface area contributed by atoms with Gasteiger partial charge in [0.05, 0.1) is 7.11 Å². The average molecular weight is 281 g/mol. The maximum Gasteiger partial charge on any atom is 0.326 e. The van der Waals surface area contributed by atoms with Gasteiger partial charge in [0.25, 0.3) is 5.91 Å². The maximum atomic E-state index is 12.0. The maximum absolute atomic E-state index is 12.0. The van der Waals surface area contributed by atoms with Gasteiger partial charge in [-0.15, -0.1) is 0 Å². The summed E-state index contributed by atoms with van der Waals surface area (Å²) in [7, 11) is 1.40. The molecule has 1 unspecified atom stereocenters. The van der Waals surface area contributed by atoms with Crippen molar-refractivity contribution >= 4 is 11.9 Å². The first-order chi connectivity index (χ1) is 9.40.